The maximum absolute atomic E-state index is 11.2. The summed E-state index contributed by atoms with van der Waals surface area (Å²) in [6.45, 7) is 3.58. The zero-order valence-corrected chi connectivity index (χ0v) is 12.7. The van der Waals surface area contributed by atoms with Gasteiger partial charge in [0, 0.05) is 17.6 Å². The fraction of sp³-hybridized carbons (Fsp3) is 0.500. The molecule has 2 aliphatic heterocycles. The van der Waals surface area contributed by atoms with Crippen molar-refractivity contribution in [2.24, 2.45) is 11.7 Å². The van der Waals surface area contributed by atoms with Gasteiger partial charge in [0.25, 0.3) is 0 Å². The van der Waals surface area contributed by atoms with Gasteiger partial charge in [0.2, 0.25) is 5.91 Å². The van der Waals surface area contributed by atoms with Crippen LogP contribution in [0.5, 0.6) is 11.5 Å². The highest BCUT2D eigenvalue weighted by Gasteiger charge is 2.27. The second kappa shape index (κ2) is 5.61. The molecule has 1 aromatic carbocycles. The quantitative estimate of drug-likeness (QED) is 0.906. The number of amides is 1. The lowest BCUT2D eigenvalue weighted by Crippen LogP contribution is -2.27. The molecular weight excluding hydrogens is 324 g/mol. The van der Waals surface area contributed by atoms with Gasteiger partial charge < -0.3 is 15.2 Å². The monoisotopic (exact) mass is 340 g/mol. The van der Waals surface area contributed by atoms with Crippen molar-refractivity contribution in [1.82, 2.24) is 4.90 Å². The minimum absolute atomic E-state index is 0.0222. The number of hydrogen-bond acceptors (Lipinski definition) is 4. The molecule has 3 rings (SSSR count). The second-order valence-corrected chi connectivity index (χ2v) is 6.06. The molecule has 108 valence electrons. The van der Waals surface area contributed by atoms with Gasteiger partial charge in [-0.2, -0.15) is 0 Å². The number of benzene rings is 1. The molecule has 1 atom stereocenters. The third kappa shape index (κ3) is 2.76. The van der Waals surface area contributed by atoms with Gasteiger partial charge in [-0.3, -0.25) is 9.69 Å². The van der Waals surface area contributed by atoms with E-state index < -0.39 is 0 Å². The maximum atomic E-state index is 11.2. The molecule has 6 heteroatoms. The van der Waals surface area contributed by atoms with Gasteiger partial charge in [-0.1, -0.05) is 15.9 Å². The van der Waals surface area contributed by atoms with Crippen molar-refractivity contribution in [3.63, 3.8) is 0 Å². The number of nitrogens with zero attached hydrogens (tertiary/aromatic N) is 1. The topological polar surface area (TPSA) is 64.8 Å². The molecule has 0 unspecified atom stereocenters. The third-order valence-electron chi connectivity index (χ3n) is 3.78. The molecule has 0 radical (unpaired) electrons. The van der Waals surface area contributed by atoms with Gasteiger partial charge in [-0.15, -0.1) is 0 Å². The second-order valence-electron chi connectivity index (χ2n) is 5.21. The number of fused-ring (bicyclic) bond motifs is 1. The van der Waals surface area contributed by atoms with E-state index in [0.717, 1.165) is 47.6 Å². The molecule has 2 N–H and O–H groups in total. The predicted octanol–water partition coefficient (Wildman–Crippen LogP) is 1.53. The van der Waals surface area contributed by atoms with Crippen molar-refractivity contribution < 1.29 is 14.3 Å². The molecule has 1 fully saturated rings. The van der Waals surface area contributed by atoms with E-state index in [-0.39, 0.29) is 11.8 Å². The van der Waals surface area contributed by atoms with E-state index in [4.69, 9.17) is 15.2 Å². The molecule has 0 saturated carbocycles. The number of likely N-dealkylation sites (tertiary alicyclic amines) is 1. The van der Waals surface area contributed by atoms with Crippen LogP contribution in [0.25, 0.3) is 0 Å². The first-order valence-corrected chi connectivity index (χ1v) is 7.52. The summed E-state index contributed by atoms with van der Waals surface area (Å²) < 4.78 is 12.2. The van der Waals surface area contributed by atoms with Crippen LogP contribution in [0.15, 0.2) is 16.6 Å². The lowest BCUT2D eigenvalue weighted by Gasteiger charge is -2.22. The van der Waals surface area contributed by atoms with E-state index in [1.54, 1.807) is 0 Å². The number of hydrogen-bond donors (Lipinski definition) is 1. The summed E-state index contributed by atoms with van der Waals surface area (Å²) in [6, 6.07) is 3.96. The van der Waals surface area contributed by atoms with E-state index in [0.29, 0.717) is 13.2 Å². The average Bonchev–Trinajstić information content (AvgIpc) is 2.88. The Morgan fingerprint density at radius 3 is 2.70 bits per heavy atom. The third-order valence-corrected chi connectivity index (χ3v) is 4.52. The number of halogens is 1. The number of rotatable bonds is 3. The summed E-state index contributed by atoms with van der Waals surface area (Å²) in [6.07, 6.45) is 0.845. The lowest BCUT2D eigenvalue weighted by molar-refractivity contribution is -0.121. The molecule has 2 aliphatic rings. The van der Waals surface area contributed by atoms with Crippen LogP contribution in [0.2, 0.25) is 0 Å². The Kier molecular flexibility index (Phi) is 3.85. The first-order chi connectivity index (χ1) is 9.63. The van der Waals surface area contributed by atoms with Gasteiger partial charge in [-0.05, 0) is 30.7 Å². The largest absolute Gasteiger partial charge is 0.486 e. The Hall–Kier alpha value is -1.27. The molecule has 0 bridgehead atoms. The number of ether oxygens (including phenoxy) is 2. The van der Waals surface area contributed by atoms with E-state index in [9.17, 15) is 4.79 Å². The minimum atomic E-state index is -0.200. The van der Waals surface area contributed by atoms with Crippen molar-refractivity contribution in [3.8, 4) is 11.5 Å². The molecule has 20 heavy (non-hydrogen) atoms. The van der Waals surface area contributed by atoms with Crippen LogP contribution in [0.1, 0.15) is 12.0 Å². The summed E-state index contributed by atoms with van der Waals surface area (Å²) in [5, 5.41) is 0. The fourth-order valence-electron chi connectivity index (χ4n) is 2.68. The summed E-state index contributed by atoms with van der Waals surface area (Å²) in [5.41, 5.74) is 6.50. The molecule has 0 aromatic heterocycles. The fourth-order valence-corrected chi connectivity index (χ4v) is 3.12. The van der Waals surface area contributed by atoms with Crippen LogP contribution < -0.4 is 15.2 Å². The number of carbonyl (C=O) groups excluding carboxylic acids is 1. The van der Waals surface area contributed by atoms with Crippen molar-refractivity contribution in [2.45, 2.75) is 13.0 Å². The number of nitrogens with two attached hydrogens (primary N) is 1. The Balaban J connectivity index is 1.73. The molecule has 0 aliphatic carbocycles. The van der Waals surface area contributed by atoms with E-state index in [2.05, 4.69) is 20.8 Å². The van der Waals surface area contributed by atoms with Crippen LogP contribution in [0.4, 0.5) is 0 Å². The summed E-state index contributed by atoms with van der Waals surface area (Å²) in [7, 11) is 0. The average molecular weight is 341 g/mol. The summed E-state index contributed by atoms with van der Waals surface area (Å²) in [4.78, 5) is 13.4. The molecular formula is C14H17BrN2O3. The Morgan fingerprint density at radius 2 is 2.05 bits per heavy atom. The minimum Gasteiger partial charge on any atom is -0.486 e. The SMILES string of the molecule is NC(=O)[C@@H]1CCN(Cc2cc3c(cc2Br)OCCO3)C1. The first-order valence-electron chi connectivity index (χ1n) is 6.73. The number of primary amides is 1. The van der Waals surface area contributed by atoms with Crippen molar-refractivity contribution >= 4 is 21.8 Å². The molecule has 0 spiro atoms. The van der Waals surface area contributed by atoms with E-state index in [1.807, 2.05) is 12.1 Å². The van der Waals surface area contributed by atoms with Crippen LogP contribution in [-0.2, 0) is 11.3 Å². The Bertz CT molecular complexity index is 535. The van der Waals surface area contributed by atoms with Crippen molar-refractivity contribution in [2.75, 3.05) is 26.3 Å². The van der Waals surface area contributed by atoms with Crippen LogP contribution in [0, 0.1) is 5.92 Å². The van der Waals surface area contributed by atoms with Crippen LogP contribution in [-0.4, -0.2) is 37.1 Å². The molecule has 1 amide bonds. The summed E-state index contributed by atoms with van der Waals surface area (Å²) in [5.74, 6) is 1.35. The van der Waals surface area contributed by atoms with E-state index in [1.165, 1.54) is 0 Å². The molecule has 5 nitrogen and oxygen atoms in total. The standard InChI is InChI=1S/C14H17BrN2O3/c15-11-6-13-12(19-3-4-20-13)5-10(11)8-17-2-1-9(7-17)14(16)18/h5-6,9H,1-4,7-8H2,(H2,16,18)/t9-/m1/s1. The lowest BCUT2D eigenvalue weighted by atomic mass is 10.1. The predicted molar refractivity (Wildman–Crippen MR) is 77.7 cm³/mol. The normalized spacial score (nSPS) is 21.9. The van der Waals surface area contributed by atoms with Crippen molar-refractivity contribution in [1.29, 1.82) is 0 Å². The van der Waals surface area contributed by atoms with Crippen LogP contribution >= 0.6 is 15.9 Å². The van der Waals surface area contributed by atoms with Gasteiger partial charge in [-0.25, -0.2) is 0 Å². The smallest absolute Gasteiger partial charge is 0.221 e. The molecule has 1 saturated heterocycles. The van der Waals surface area contributed by atoms with Gasteiger partial charge >= 0.3 is 0 Å². The van der Waals surface area contributed by atoms with Gasteiger partial charge in [0.1, 0.15) is 13.2 Å². The maximum Gasteiger partial charge on any atom is 0.221 e. The molecule has 2 heterocycles. The van der Waals surface area contributed by atoms with Crippen molar-refractivity contribution in [3.05, 3.63) is 22.2 Å². The zero-order chi connectivity index (χ0) is 14.1. The summed E-state index contributed by atoms with van der Waals surface area (Å²) >= 11 is 3.57. The Labute approximate surface area is 126 Å². The van der Waals surface area contributed by atoms with Gasteiger partial charge in [0.15, 0.2) is 11.5 Å². The highest BCUT2D eigenvalue weighted by atomic mass is 79.9. The zero-order valence-electron chi connectivity index (χ0n) is 11.1. The first kappa shape index (κ1) is 13.7. The number of carbonyl (C=O) groups is 1. The highest BCUT2D eigenvalue weighted by Crippen LogP contribution is 2.36. The van der Waals surface area contributed by atoms with Crippen LogP contribution in [0.3, 0.4) is 0 Å². The molecule has 1 aromatic rings. The highest BCUT2D eigenvalue weighted by molar-refractivity contribution is 9.10. The Morgan fingerprint density at radius 1 is 1.35 bits per heavy atom. The van der Waals surface area contributed by atoms with Gasteiger partial charge in [0.05, 0.1) is 5.92 Å². The van der Waals surface area contributed by atoms with E-state index >= 15 is 0 Å².